The molecule has 0 amide bonds. The van der Waals surface area contributed by atoms with E-state index in [1.807, 2.05) is 0 Å². The number of nitrogens with one attached hydrogen (secondary N) is 2. The summed E-state index contributed by atoms with van der Waals surface area (Å²) in [5.41, 5.74) is 6.91. The fraction of sp³-hybridized carbons (Fsp3) is 0.0833. The van der Waals surface area contributed by atoms with Gasteiger partial charge in [0.25, 0.3) is 0 Å². The maximum Gasteiger partial charge on any atom is 0.0390 e. The Kier molecular flexibility index (Phi) is 4.32. The second-order valence-corrected chi connectivity index (χ2v) is 6.76. The molecule has 0 bridgehead atoms. The maximum atomic E-state index is 3.48. The Balaban J connectivity index is 1.59. The van der Waals surface area contributed by atoms with Crippen LogP contribution in [0.1, 0.15) is 11.1 Å². The summed E-state index contributed by atoms with van der Waals surface area (Å²) in [4.78, 5) is 0. The average molecular weight is 338 g/mol. The van der Waals surface area contributed by atoms with Crippen LogP contribution in [-0.2, 0) is 0 Å². The van der Waals surface area contributed by atoms with E-state index in [4.69, 9.17) is 0 Å². The van der Waals surface area contributed by atoms with Gasteiger partial charge in [0, 0.05) is 22.7 Å². The van der Waals surface area contributed by atoms with Crippen molar-refractivity contribution in [3.8, 4) is 0 Å². The summed E-state index contributed by atoms with van der Waals surface area (Å²) in [6, 6.07) is 29.8. The van der Waals surface area contributed by atoms with Crippen molar-refractivity contribution in [1.82, 2.24) is 0 Å². The molecule has 0 heterocycles. The van der Waals surface area contributed by atoms with Gasteiger partial charge in [-0.1, -0.05) is 47.5 Å². The van der Waals surface area contributed by atoms with Crippen molar-refractivity contribution in [3.05, 3.63) is 96.1 Å². The molecule has 4 rings (SSSR count). The molecule has 0 saturated carbocycles. The smallest absolute Gasteiger partial charge is 0.0390 e. The summed E-state index contributed by atoms with van der Waals surface area (Å²) < 4.78 is 0. The van der Waals surface area contributed by atoms with Crippen molar-refractivity contribution >= 4 is 33.5 Å². The molecule has 0 fully saturated rings. The van der Waals surface area contributed by atoms with Gasteiger partial charge in [0.2, 0.25) is 0 Å². The van der Waals surface area contributed by atoms with Gasteiger partial charge in [-0.2, -0.15) is 0 Å². The van der Waals surface area contributed by atoms with Crippen molar-refractivity contribution in [3.63, 3.8) is 0 Å². The summed E-state index contributed by atoms with van der Waals surface area (Å²) >= 11 is 0. The fourth-order valence-corrected chi connectivity index (χ4v) is 3.01. The van der Waals surface area contributed by atoms with Crippen molar-refractivity contribution in [2.45, 2.75) is 13.8 Å². The van der Waals surface area contributed by atoms with Crippen LogP contribution in [0.25, 0.3) is 10.8 Å². The van der Waals surface area contributed by atoms with Gasteiger partial charge in [-0.25, -0.2) is 0 Å². The quantitative estimate of drug-likeness (QED) is 0.421. The predicted molar refractivity (Wildman–Crippen MR) is 113 cm³/mol. The zero-order valence-corrected chi connectivity index (χ0v) is 15.1. The largest absolute Gasteiger partial charge is 0.356 e. The molecule has 0 saturated heterocycles. The lowest BCUT2D eigenvalue weighted by atomic mass is 10.1. The minimum absolute atomic E-state index is 1.09. The molecular formula is C24H22N2. The molecule has 0 aromatic heterocycles. The Bertz CT molecular complexity index is 950. The molecule has 0 spiro atoms. The van der Waals surface area contributed by atoms with Crippen LogP contribution < -0.4 is 10.6 Å². The number of rotatable bonds is 4. The zero-order chi connectivity index (χ0) is 17.9. The average Bonchev–Trinajstić information content (AvgIpc) is 2.65. The first-order valence-electron chi connectivity index (χ1n) is 8.87. The van der Waals surface area contributed by atoms with Gasteiger partial charge in [-0.15, -0.1) is 0 Å². The van der Waals surface area contributed by atoms with Gasteiger partial charge in [-0.05, 0) is 73.2 Å². The number of fused-ring (bicyclic) bond motifs is 1. The SMILES string of the molecule is Cc1ccc(Nc2ccc3ccc(Nc4ccc(C)cc4)cc3c2)cc1. The molecule has 2 heteroatoms. The van der Waals surface area contributed by atoms with E-state index in [1.165, 1.54) is 21.9 Å². The maximum absolute atomic E-state index is 3.48. The van der Waals surface area contributed by atoms with Crippen LogP contribution in [0.2, 0.25) is 0 Å². The summed E-state index contributed by atoms with van der Waals surface area (Å²) in [6.07, 6.45) is 0. The summed E-state index contributed by atoms with van der Waals surface area (Å²) in [5.74, 6) is 0. The number of aryl methyl sites for hydroxylation is 2. The highest BCUT2D eigenvalue weighted by molar-refractivity contribution is 5.89. The highest BCUT2D eigenvalue weighted by atomic mass is 14.9. The van der Waals surface area contributed by atoms with Crippen LogP contribution in [0.15, 0.2) is 84.9 Å². The molecule has 0 aliphatic heterocycles. The first kappa shape index (κ1) is 16.2. The van der Waals surface area contributed by atoms with Gasteiger partial charge < -0.3 is 10.6 Å². The Morgan fingerprint density at radius 1 is 0.423 bits per heavy atom. The van der Waals surface area contributed by atoms with Gasteiger partial charge in [0.05, 0.1) is 0 Å². The second-order valence-electron chi connectivity index (χ2n) is 6.76. The first-order chi connectivity index (χ1) is 12.7. The van der Waals surface area contributed by atoms with Crippen LogP contribution in [0.5, 0.6) is 0 Å². The summed E-state index contributed by atoms with van der Waals surface area (Å²) in [5, 5.41) is 9.39. The standard InChI is InChI=1S/C24H22N2/c1-17-3-9-21(10-4-17)25-23-13-7-19-8-14-24(16-20(19)15-23)26-22-11-5-18(2)6-12-22/h3-16,25-26H,1-2H3. The minimum atomic E-state index is 1.09. The highest BCUT2D eigenvalue weighted by Crippen LogP contribution is 2.26. The zero-order valence-electron chi connectivity index (χ0n) is 15.1. The van der Waals surface area contributed by atoms with Crippen LogP contribution >= 0.6 is 0 Å². The van der Waals surface area contributed by atoms with Gasteiger partial charge in [0.1, 0.15) is 0 Å². The second kappa shape index (κ2) is 6.93. The number of anilines is 4. The number of hydrogen-bond acceptors (Lipinski definition) is 2. The van der Waals surface area contributed by atoms with Crippen molar-refractivity contribution in [2.24, 2.45) is 0 Å². The van der Waals surface area contributed by atoms with Crippen molar-refractivity contribution in [1.29, 1.82) is 0 Å². The fourth-order valence-electron chi connectivity index (χ4n) is 3.01. The Morgan fingerprint density at radius 2 is 0.808 bits per heavy atom. The van der Waals surface area contributed by atoms with E-state index in [0.29, 0.717) is 0 Å². The molecule has 2 nitrogen and oxygen atoms in total. The lowest BCUT2D eigenvalue weighted by molar-refractivity contribution is 1.45. The van der Waals surface area contributed by atoms with E-state index in [0.717, 1.165) is 22.7 Å². The molecule has 0 aliphatic rings. The molecule has 4 aromatic rings. The molecule has 0 radical (unpaired) electrons. The monoisotopic (exact) mass is 338 g/mol. The molecule has 26 heavy (non-hydrogen) atoms. The van der Waals surface area contributed by atoms with Gasteiger partial charge >= 0.3 is 0 Å². The molecule has 0 atom stereocenters. The van der Waals surface area contributed by atoms with E-state index >= 15 is 0 Å². The molecule has 0 unspecified atom stereocenters. The summed E-state index contributed by atoms with van der Waals surface area (Å²) in [7, 11) is 0. The molecule has 4 aromatic carbocycles. The van der Waals surface area contributed by atoms with Crippen LogP contribution in [0, 0.1) is 13.8 Å². The molecule has 0 aliphatic carbocycles. The predicted octanol–water partition coefficient (Wildman–Crippen LogP) is 6.94. The van der Waals surface area contributed by atoms with E-state index in [1.54, 1.807) is 0 Å². The third-order valence-electron chi connectivity index (χ3n) is 4.52. The van der Waals surface area contributed by atoms with E-state index in [2.05, 4.69) is 109 Å². The molecule has 2 N–H and O–H groups in total. The van der Waals surface area contributed by atoms with E-state index < -0.39 is 0 Å². The van der Waals surface area contributed by atoms with Gasteiger partial charge in [-0.3, -0.25) is 0 Å². The normalized spacial score (nSPS) is 10.7. The lowest BCUT2D eigenvalue weighted by Gasteiger charge is -2.11. The van der Waals surface area contributed by atoms with Crippen LogP contribution in [0.4, 0.5) is 22.7 Å². The van der Waals surface area contributed by atoms with Gasteiger partial charge in [0.15, 0.2) is 0 Å². The van der Waals surface area contributed by atoms with E-state index in [-0.39, 0.29) is 0 Å². The van der Waals surface area contributed by atoms with Crippen LogP contribution in [0.3, 0.4) is 0 Å². The third kappa shape index (κ3) is 3.70. The Hall–Kier alpha value is -3.26. The molecular weight excluding hydrogens is 316 g/mol. The molecule has 128 valence electrons. The summed E-state index contributed by atoms with van der Waals surface area (Å²) in [6.45, 7) is 4.20. The van der Waals surface area contributed by atoms with Crippen molar-refractivity contribution in [2.75, 3.05) is 10.6 Å². The third-order valence-corrected chi connectivity index (χ3v) is 4.52. The first-order valence-corrected chi connectivity index (χ1v) is 8.87. The number of hydrogen-bond donors (Lipinski definition) is 2. The highest BCUT2D eigenvalue weighted by Gasteiger charge is 2.01. The van der Waals surface area contributed by atoms with Crippen molar-refractivity contribution < 1.29 is 0 Å². The number of benzene rings is 4. The van der Waals surface area contributed by atoms with E-state index in [9.17, 15) is 0 Å². The Labute approximate surface area is 154 Å². The Morgan fingerprint density at radius 3 is 1.23 bits per heavy atom. The van der Waals surface area contributed by atoms with Crippen LogP contribution in [-0.4, -0.2) is 0 Å². The minimum Gasteiger partial charge on any atom is -0.356 e. The lowest BCUT2D eigenvalue weighted by Crippen LogP contribution is -1.92. The topological polar surface area (TPSA) is 24.1 Å².